The first-order valence-corrected chi connectivity index (χ1v) is 19.5. The molecule has 0 aliphatic carbocycles. The van der Waals surface area contributed by atoms with Crippen LogP contribution in [0.15, 0.2) is 192 Å². The van der Waals surface area contributed by atoms with E-state index >= 15 is 0 Å². The van der Waals surface area contributed by atoms with Crippen molar-refractivity contribution in [2.45, 2.75) is 0 Å². The third-order valence-electron chi connectivity index (χ3n) is 10.5. The average molecular weight is 734 g/mol. The number of nitrogens with zero attached hydrogens (tertiary/aromatic N) is 3. The first kappa shape index (κ1) is 32.2. The lowest BCUT2D eigenvalue weighted by atomic mass is 9.92. The van der Waals surface area contributed by atoms with Crippen LogP contribution in [-0.2, 0) is 0 Å². The Morgan fingerprint density at radius 2 is 0.929 bits per heavy atom. The van der Waals surface area contributed by atoms with Crippen molar-refractivity contribution in [1.29, 1.82) is 0 Å². The topological polar surface area (TPSA) is 51.8 Å². The standard InChI is InChI=1S/C51H31N3OS/c1-4-15-32(16-5-1)35-21-12-22-36(29-35)50-52-49(34-19-8-3-9-20-34)53-51(54-50)41-26-13-25-40-46-38(24-14-27-43(46)55-48(40)41)37-30-42(33-17-6-2-7-18-33)47-39-23-10-11-28-44(39)56-45(47)31-37/h1-31H. The van der Waals surface area contributed by atoms with E-state index in [1.165, 1.54) is 31.3 Å². The monoisotopic (exact) mass is 733 g/mol. The van der Waals surface area contributed by atoms with Gasteiger partial charge in [-0.25, -0.2) is 15.0 Å². The molecule has 0 saturated heterocycles. The number of fused-ring (bicyclic) bond motifs is 6. The minimum absolute atomic E-state index is 0.559. The molecule has 0 unspecified atom stereocenters. The van der Waals surface area contributed by atoms with Gasteiger partial charge in [-0.15, -0.1) is 11.3 Å². The quantitative estimate of drug-likeness (QED) is 0.171. The molecule has 0 aliphatic rings. The van der Waals surface area contributed by atoms with Gasteiger partial charge in [0.1, 0.15) is 11.2 Å². The lowest BCUT2D eigenvalue weighted by molar-refractivity contribution is 0.669. The molecular formula is C51H31N3OS. The molecule has 8 aromatic carbocycles. The molecule has 0 bridgehead atoms. The van der Waals surface area contributed by atoms with Gasteiger partial charge >= 0.3 is 0 Å². The molecule has 0 saturated carbocycles. The van der Waals surface area contributed by atoms with Crippen LogP contribution in [0.3, 0.4) is 0 Å². The summed E-state index contributed by atoms with van der Waals surface area (Å²) in [6, 6.07) is 65.6. The molecule has 0 aliphatic heterocycles. The van der Waals surface area contributed by atoms with Crippen molar-refractivity contribution in [3.05, 3.63) is 188 Å². The highest BCUT2D eigenvalue weighted by molar-refractivity contribution is 7.26. The maximum Gasteiger partial charge on any atom is 0.167 e. The van der Waals surface area contributed by atoms with Gasteiger partial charge in [0, 0.05) is 42.1 Å². The molecule has 0 amide bonds. The Morgan fingerprint density at radius 3 is 1.73 bits per heavy atom. The minimum atomic E-state index is 0.559. The van der Waals surface area contributed by atoms with E-state index in [-0.39, 0.29) is 0 Å². The largest absolute Gasteiger partial charge is 0.455 e. The Balaban J connectivity index is 1.12. The number of furan rings is 1. The van der Waals surface area contributed by atoms with Crippen LogP contribution < -0.4 is 0 Å². The normalized spacial score (nSPS) is 11.6. The number of rotatable bonds is 6. The lowest BCUT2D eigenvalue weighted by Crippen LogP contribution is -2.00. The van der Waals surface area contributed by atoms with E-state index in [0.717, 1.165) is 60.9 Å². The van der Waals surface area contributed by atoms with Gasteiger partial charge in [0.05, 0.1) is 5.56 Å². The Kier molecular flexibility index (Phi) is 7.64. The van der Waals surface area contributed by atoms with E-state index in [0.29, 0.717) is 17.5 Å². The smallest absolute Gasteiger partial charge is 0.167 e. The van der Waals surface area contributed by atoms with Crippen LogP contribution in [0.25, 0.3) is 110 Å². The second-order valence-electron chi connectivity index (χ2n) is 13.9. The molecule has 11 rings (SSSR count). The van der Waals surface area contributed by atoms with E-state index in [2.05, 4.69) is 152 Å². The number of benzene rings is 8. The second kappa shape index (κ2) is 13.3. The van der Waals surface area contributed by atoms with Crippen molar-refractivity contribution >= 4 is 53.4 Å². The highest BCUT2D eigenvalue weighted by atomic mass is 32.1. The fourth-order valence-corrected chi connectivity index (χ4v) is 9.10. The zero-order valence-corrected chi connectivity index (χ0v) is 30.9. The highest BCUT2D eigenvalue weighted by Gasteiger charge is 2.21. The van der Waals surface area contributed by atoms with Gasteiger partial charge in [-0.2, -0.15) is 0 Å². The van der Waals surface area contributed by atoms with Crippen LogP contribution in [0, 0.1) is 0 Å². The molecule has 0 atom stereocenters. The van der Waals surface area contributed by atoms with E-state index in [1.54, 1.807) is 0 Å². The number of thiophene rings is 1. The molecule has 3 heterocycles. The fourth-order valence-electron chi connectivity index (χ4n) is 7.93. The molecule has 3 aromatic heterocycles. The Morgan fingerprint density at radius 1 is 0.339 bits per heavy atom. The predicted octanol–water partition coefficient (Wildman–Crippen LogP) is 14.1. The summed E-state index contributed by atoms with van der Waals surface area (Å²) < 4.78 is 9.36. The Bertz CT molecular complexity index is 3240. The van der Waals surface area contributed by atoms with Crippen molar-refractivity contribution in [2.75, 3.05) is 0 Å². The van der Waals surface area contributed by atoms with Crippen molar-refractivity contribution in [2.24, 2.45) is 0 Å². The maximum atomic E-state index is 6.82. The van der Waals surface area contributed by atoms with Crippen LogP contribution in [0.4, 0.5) is 0 Å². The first-order valence-electron chi connectivity index (χ1n) is 18.7. The molecule has 262 valence electrons. The number of aromatic nitrogens is 3. The van der Waals surface area contributed by atoms with Gasteiger partial charge in [-0.05, 0) is 69.8 Å². The van der Waals surface area contributed by atoms with Crippen molar-refractivity contribution < 1.29 is 4.42 Å². The highest BCUT2D eigenvalue weighted by Crippen LogP contribution is 2.46. The Labute approximate surface area is 327 Å². The summed E-state index contributed by atoms with van der Waals surface area (Å²) in [5, 5.41) is 4.66. The molecule has 0 radical (unpaired) electrons. The zero-order chi connectivity index (χ0) is 37.0. The molecule has 5 heteroatoms. The Hall–Kier alpha value is -7.21. The van der Waals surface area contributed by atoms with Gasteiger partial charge in [0.2, 0.25) is 0 Å². The summed E-state index contributed by atoms with van der Waals surface area (Å²) in [6.45, 7) is 0. The van der Waals surface area contributed by atoms with Gasteiger partial charge < -0.3 is 4.42 Å². The summed E-state index contributed by atoms with van der Waals surface area (Å²) in [6.07, 6.45) is 0. The summed E-state index contributed by atoms with van der Waals surface area (Å²) in [5.74, 6) is 1.77. The van der Waals surface area contributed by atoms with Gasteiger partial charge in [0.15, 0.2) is 17.5 Å². The van der Waals surface area contributed by atoms with Crippen LogP contribution in [0.2, 0.25) is 0 Å². The molecule has 0 N–H and O–H groups in total. The van der Waals surface area contributed by atoms with Crippen LogP contribution in [-0.4, -0.2) is 15.0 Å². The summed E-state index contributed by atoms with van der Waals surface area (Å²) in [7, 11) is 0. The SMILES string of the molecule is c1ccc(-c2cccc(-c3nc(-c4ccccc4)nc(-c4cccc5c4oc4cccc(-c6cc(-c7ccccc7)c7c(c6)sc6ccccc67)c45)n3)c2)cc1. The average Bonchev–Trinajstić information content (AvgIpc) is 3.86. The molecule has 56 heavy (non-hydrogen) atoms. The zero-order valence-electron chi connectivity index (χ0n) is 30.1. The van der Waals surface area contributed by atoms with Crippen LogP contribution >= 0.6 is 11.3 Å². The first-order chi connectivity index (χ1) is 27.7. The minimum Gasteiger partial charge on any atom is -0.455 e. The number of para-hydroxylation sites is 1. The number of hydrogen-bond donors (Lipinski definition) is 0. The van der Waals surface area contributed by atoms with Crippen LogP contribution in [0.5, 0.6) is 0 Å². The summed E-state index contributed by atoms with van der Waals surface area (Å²) in [5.41, 5.74) is 11.1. The summed E-state index contributed by atoms with van der Waals surface area (Å²) in [4.78, 5) is 15.3. The van der Waals surface area contributed by atoms with Crippen molar-refractivity contribution in [3.8, 4) is 67.5 Å². The van der Waals surface area contributed by atoms with Gasteiger partial charge in [-0.1, -0.05) is 152 Å². The van der Waals surface area contributed by atoms with Crippen molar-refractivity contribution in [3.63, 3.8) is 0 Å². The lowest BCUT2D eigenvalue weighted by Gasteiger charge is -2.11. The molecule has 4 nitrogen and oxygen atoms in total. The van der Waals surface area contributed by atoms with E-state index in [9.17, 15) is 0 Å². The van der Waals surface area contributed by atoms with Gasteiger partial charge in [0.25, 0.3) is 0 Å². The third-order valence-corrected chi connectivity index (χ3v) is 11.7. The molecule has 11 aromatic rings. The van der Waals surface area contributed by atoms with Gasteiger partial charge in [-0.3, -0.25) is 0 Å². The summed E-state index contributed by atoms with van der Waals surface area (Å²) >= 11 is 1.84. The number of hydrogen-bond acceptors (Lipinski definition) is 5. The van der Waals surface area contributed by atoms with Crippen LogP contribution in [0.1, 0.15) is 0 Å². The molecule has 0 fully saturated rings. The predicted molar refractivity (Wildman–Crippen MR) is 233 cm³/mol. The second-order valence-corrected chi connectivity index (χ2v) is 15.0. The van der Waals surface area contributed by atoms with E-state index in [1.807, 2.05) is 47.7 Å². The van der Waals surface area contributed by atoms with E-state index in [4.69, 9.17) is 19.4 Å². The van der Waals surface area contributed by atoms with E-state index < -0.39 is 0 Å². The fraction of sp³-hybridized carbons (Fsp3) is 0. The maximum absolute atomic E-state index is 6.82. The third kappa shape index (κ3) is 5.48. The molecule has 0 spiro atoms. The van der Waals surface area contributed by atoms with Crippen molar-refractivity contribution in [1.82, 2.24) is 15.0 Å². The molecular weight excluding hydrogens is 703 g/mol.